The molecule has 0 bridgehead atoms. The quantitative estimate of drug-likeness (QED) is 0.837. The minimum absolute atomic E-state index is 0.129. The van der Waals surface area contributed by atoms with E-state index in [1.54, 1.807) is 0 Å². The molecule has 1 saturated heterocycles. The lowest BCUT2D eigenvalue weighted by atomic mass is 9.94. The first kappa shape index (κ1) is 13.3. The van der Waals surface area contributed by atoms with Crippen LogP contribution in [0.4, 0.5) is 0 Å². The van der Waals surface area contributed by atoms with Crippen molar-refractivity contribution in [2.45, 2.75) is 18.8 Å². The molecule has 2 aliphatic heterocycles. The number of hydrogen-bond acceptors (Lipinski definition) is 6. The summed E-state index contributed by atoms with van der Waals surface area (Å²) in [5.74, 6) is -1.72. The maximum atomic E-state index is 9.90. The Morgan fingerprint density at radius 2 is 1.82 bits per heavy atom. The Morgan fingerprint density at radius 3 is 2.36 bits per heavy atom. The van der Waals surface area contributed by atoms with Gasteiger partial charge in [0, 0.05) is 5.92 Å². The van der Waals surface area contributed by atoms with E-state index in [9.17, 15) is 10.5 Å². The molecular weight excluding hydrogens is 280 g/mol. The van der Waals surface area contributed by atoms with Crippen LogP contribution in [0.2, 0.25) is 0 Å². The van der Waals surface area contributed by atoms with E-state index < -0.39 is 22.7 Å². The summed E-state index contributed by atoms with van der Waals surface area (Å²) in [6.45, 7) is 2.66. The van der Waals surface area contributed by atoms with Crippen LogP contribution in [-0.2, 0) is 9.47 Å². The van der Waals surface area contributed by atoms with Crippen LogP contribution < -0.4 is 5.73 Å². The Hall–Kier alpha value is -2.41. The summed E-state index contributed by atoms with van der Waals surface area (Å²) in [6, 6.07) is 12.3. The van der Waals surface area contributed by atoms with E-state index in [1.165, 1.54) is 0 Å². The highest BCUT2D eigenvalue weighted by molar-refractivity contribution is 6.00. The smallest absolute Gasteiger partial charge is 0.293 e. The number of benzene rings is 1. The molecule has 1 aliphatic carbocycles. The molecule has 1 aromatic rings. The number of fused-ring (bicyclic) bond motifs is 2. The third kappa shape index (κ3) is 1.13. The largest absolute Gasteiger partial charge is 0.386 e. The monoisotopic (exact) mass is 294 g/mol. The van der Waals surface area contributed by atoms with E-state index in [4.69, 9.17) is 15.2 Å². The van der Waals surface area contributed by atoms with Crippen molar-refractivity contribution in [3.8, 4) is 12.1 Å². The number of ether oxygens (including phenoxy) is 2. The lowest BCUT2D eigenvalue weighted by Gasteiger charge is -2.25. The Bertz CT molecular complexity index is 767. The van der Waals surface area contributed by atoms with Crippen molar-refractivity contribution in [3.05, 3.63) is 35.4 Å². The van der Waals surface area contributed by atoms with Crippen LogP contribution in [0, 0.1) is 40.4 Å². The highest BCUT2D eigenvalue weighted by Gasteiger charge is 2.94. The molecule has 3 atom stereocenters. The molecule has 2 heterocycles. The summed E-state index contributed by atoms with van der Waals surface area (Å²) in [6.07, 6.45) is 0. The Kier molecular flexibility index (Phi) is 2.33. The van der Waals surface area contributed by atoms with Gasteiger partial charge in [-0.15, -0.1) is 0 Å². The molecule has 4 rings (SSSR count). The van der Waals surface area contributed by atoms with Crippen molar-refractivity contribution in [2.75, 3.05) is 13.2 Å². The molecule has 3 aliphatic rings. The average Bonchev–Trinajstić information content (AvgIpc) is 2.77. The van der Waals surface area contributed by atoms with Crippen LogP contribution in [0.5, 0.6) is 0 Å². The molecule has 2 fully saturated rings. The van der Waals surface area contributed by atoms with Crippen LogP contribution in [0.1, 0.15) is 17.0 Å². The van der Waals surface area contributed by atoms with Crippen LogP contribution in [0.25, 0.3) is 0 Å². The predicted octanol–water partition coefficient (Wildman–Crippen LogP) is 1.18. The van der Waals surface area contributed by atoms with Gasteiger partial charge in [0.05, 0.1) is 25.4 Å². The normalized spacial score (nSPS) is 37.2. The molecule has 3 unspecified atom stereocenters. The molecule has 1 spiro atoms. The van der Waals surface area contributed by atoms with E-state index in [2.05, 4.69) is 17.1 Å². The third-order valence-corrected chi connectivity index (χ3v) is 5.02. The highest BCUT2D eigenvalue weighted by Crippen LogP contribution is 2.82. The number of aliphatic imine (C=N–C) groups is 1. The van der Waals surface area contributed by atoms with Crippen molar-refractivity contribution >= 4 is 5.84 Å². The maximum absolute atomic E-state index is 9.90. The van der Waals surface area contributed by atoms with Gasteiger partial charge in [-0.1, -0.05) is 29.8 Å². The summed E-state index contributed by atoms with van der Waals surface area (Å²) in [5.41, 5.74) is 5.65. The van der Waals surface area contributed by atoms with E-state index in [0.29, 0.717) is 13.2 Å². The van der Waals surface area contributed by atoms with Gasteiger partial charge in [-0.3, -0.25) is 0 Å². The molecule has 2 N–H and O–H groups in total. The third-order valence-electron chi connectivity index (χ3n) is 5.02. The Balaban J connectivity index is 1.92. The first-order valence-corrected chi connectivity index (χ1v) is 7.11. The summed E-state index contributed by atoms with van der Waals surface area (Å²) in [5, 5.41) is 19.7. The summed E-state index contributed by atoms with van der Waals surface area (Å²) < 4.78 is 11.3. The lowest BCUT2D eigenvalue weighted by molar-refractivity contribution is -0.184. The molecule has 0 aromatic heterocycles. The van der Waals surface area contributed by atoms with Gasteiger partial charge in [0.15, 0.2) is 5.41 Å². The molecule has 22 heavy (non-hydrogen) atoms. The fourth-order valence-corrected chi connectivity index (χ4v) is 3.98. The predicted molar refractivity (Wildman–Crippen MR) is 76.3 cm³/mol. The zero-order valence-corrected chi connectivity index (χ0v) is 12.0. The van der Waals surface area contributed by atoms with Gasteiger partial charge in [-0.05, 0) is 12.5 Å². The van der Waals surface area contributed by atoms with Crippen LogP contribution in [0.15, 0.2) is 29.3 Å². The molecule has 1 saturated carbocycles. The van der Waals surface area contributed by atoms with Crippen molar-refractivity contribution in [2.24, 2.45) is 21.6 Å². The standard InChI is InChI=1S/C16H14N4O2/c1-10-2-4-11(5-3-10)12-14(8-17)13(19)20-16(15(12,14)9-18)21-6-7-22-16/h2-5,12H,6-7H2,1H3,(H2,19,20). The first-order valence-electron chi connectivity index (χ1n) is 7.11. The fourth-order valence-electron chi connectivity index (χ4n) is 3.98. The van der Waals surface area contributed by atoms with Crippen LogP contribution in [-0.4, -0.2) is 25.0 Å². The first-order chi connectivity index (χ1) is 10.6. The maximum Gasteiger partial charge on any atom is 0.293 e. The number of nitrogens with two attached hydrogens (primary N) is 1. The molecule has 110 valence electrons. The van der Waals surface area contributed by atoms with Crippen molar-refractivity contribution in [1.82, 2.24) is 0 Å². The van der Waals surface area contributed by atoms with Crippen molar-refractivity contribution < 1.29 is 9.47 Å². The molecule has 0 radical (unpaired) electrons. The van der Waals surface area contributed by atoms with E-state index in [0.717, 1.165) is 11.1 Å². The minimum Gasteiger partial charge on any atom is -0.386 e. The molecule has 1 aromatic carbocycles. The minimum atomic E-state index is -1.45. The second kappa shape index (κ2) is 3.86. The van der Waals surface area contributed by atoms with E-state index in [1.807, 2.05) is 31.2 Å². The fraction of sp³-hybridized carbons (Fsp3) is 0.438. The second-order valence-electron chi connectivity index (χ2n) is 5.96. The van der Waals surface area contributed by atoms with Gasteiger partial charge in [0.25, 0.3) is 5.91 Å². The van der Waals surface area contributed by atoms with Crippen LogP contribution >= 0.6 is 0 Å². The Morgan fingerprint density at radius 1 is 1.18 bits per heavy atom. The van der Waals surface area contributed by atoms with Gasteiger partial charge in [-0.2, -0.15) is 10.5 Å². The number of nitriles is 2. The number of hydrogen-bond donors (Lipinski definition) is 1. The van der Waals surface area contributed by atoms with Gasteiger partial charge < -0.3 is 15.2 Å². The number of nitrogens with zero attached hydrogens (tertiary/aromatic N) is 3. The van der Waals surface area contributed by atoms with Crippen molar-refractivity contribution in [1.29, 1.82) is 10.5 Å². The average molecular weight is 294 g/mol. The zero-order valence-electron chi connectivity index (χ0n) is 12.0. The lowest BCUT2D eigenvalue weighted by Crippen LogP contribution is -2.38. The van der Waals surface area contributed by atoms with Crippen molar-refractivity contribution in [3.63, 3.8) is 0 Å². The molecule has 0 amide bonds. The highest BCUT2D eigenvalue weighted by atomic mass is 16.8. The SMILES string of the molecule is Cc1ccc(C2C3(C#N)C(N)=NC4(OCCO4)C23C#N)cc1. The number of amidine groups is 1. The number of aryl methyl sites for hydroxylation is 1. The summed E-state index contributed by atoms with van der Waals surface area (Å²) >= 11 is 0. The molecule has 6 heteroatoms. The summed E-state index contributed by atoms with van der Waals surface area (Å²) in [7, 11) is 0. The second-order valence-corrected chi connectivity index (χ2v) is 5.96. The topological polar surface area (TPSA) is 104 Å². The van der Waals surface area contributed by atoms with Crippen LogP contribution in [0.3, 0.4) is 0 Å². The molecular formula is C16H14N4O2. The van der Waals surface area contributed by atoms with Gasteiger partial charge in [0.2, 0.25) is 0 Å². The van der Waals surface area contributed by atoms with Gasteiger partial charge >= 0.3 is 0 Å². The zero-order chi connectivity index (χ0) is 15.6. The molecule has 6 nitrogen and oxygen atoms in total. The van der Waals surface area contributed by atoms with E-state index in [-0.39, 0.29) is 5.84 Å². The Labute approximate surface area is 127 Å². The van der Waals surface area contributed by atoms with Gasteiger partial charge in [0.1, 0.15) is 11.3 Å². The van der Waals surface area contributed by atoms with E-state index >= 15 is 0 Å². The van der Waals surface area contributed by atoms with Gasteiger partial charge in [-0.25, -0.2) is 4.99 Å². The summed E-state index contributed by atoms with van der Waals surface area (Å²) in [4.78, 5) is 4.23. The number of rotatable bonds is 1.